The summed E-state index contributed by atoms with van der Waals surface area (Å²) >= 11 is 1.41. The van der Waals surface area contributed by atoms with Crippen LogP contribution in [-0.2, 0) is 11.2 Å². The highest BCUT2D eigenvalue weighted by atomic mass is 32.2. The average Bonchev–Trinajstić information content (AvgIpc) is 2.95. The van der Waals surface area contributed by atoms with Crippen LogP contribution in [0.15, 0.2) is 58.4 Å². The number of carbonyl (C=O) groups is 1. The highest BCUT2D eigenvalue weighted by Crippen LogP contribution is 2.34. The van der Waals surface area contributed by atoms with Crippen molar-refractivity contribution in [3.8, 4) is 5.75 Å². The lowest BCUT2D eigenvalue weighted by atomic mass is 10.1. The van der Waals surface area contributed by atoms with Crippen molar-refractivity contribution >= 4 is 34.6 Å². The fourth-order valence-corrected chi connectivity index (χ4v) is 3.68. The molecule has 27 heavy (non-hydrogen) atoms. The third-order valence-corrected chi connectivity index (χ3v) is 5.30. The molecule has 0 unspecified atom stereocenters. The van der Waals surface area contributed by atoms with Crippen LogP contribution in [0, 0.1) is 0 Å². The topological polar surface area (TPSA) is 41.9 Å². The Kier molecular flexibility index (Phi) is 6.35. The van der Waals surface area contributed by atoms with E-state index in [1.54, 1.807) is 11.9 Å². The molecule has 0 spiro atoms. The maximum absolute atomic E-state index is 12.6. The van der Waals surface area contributed by atoms with E-state index in [1.807, 2.05) is 48.5 Å². The first-order valence-corrected chi connectivity index (χ1v) is 10.0. The van der Waals surface area contributed by atoms with Gasteiger partial charge in [0.05, 0.1) is 17.2 Å². The smallest absolute Gasteiger partial charge is 0.266 e. The van der Waals surface area contributed by atoms with E-state index in [4.69, 9.17) is 9.73 Å². The van der Waals surface area contributed by atoms with Crippen LogP contribution in [-0.4, -0.2) is 29.6 Å². The molecule has 1 aliphatic rings. The van der Waals surface area contributed by atoms with Crippen LogP contribution in [0.4, 0.5) is 5.69 Å². The summed E-state index contributed by atoms with van der Waals surface area (Å²) in [6.45, 7) is 4.89. The molecule has 0 atom stereocenters. The third kappa shape index (κ3) is 4.61. The molecular formula is C22H24N2O2S. The molecule has 0 aromatic heterocycles. The number of aliphatic imine (C=N–C) groups is 1. The van der Waals surface area contributed by atoms with Crippen molar-refractivity contribution in [2.24, 2.45) is 4.99 Å². The first-order chi connectivity index (χ1) is 13.1. The molecule has 1 fully saturated rings. The van der Waals surface area contributed by atoms with E-state index in [1.165, 1.54) is 17.3 Å². The Morgan fingerprint density at radius 2 is 1.85 bits per heavy atom. The maximum atomic E-state index is 12.6. The van der Waals surface area contributed by atoms with Crippen LogP contribution >= 0.6 is 11.8 Å². The number of carbonyl (C=O) groups excluding carboxylic acids is 1. The van der Waals surface area contributed by atoms with Crippen molar-refractivity contribution in [2.45, 2.75) is 26.7 Å². The van der Waals surface area contributed by atoms with Crippen LogP contribution < -0.4 is 4.74 Å². The monoisotopic (exact) mass is 380 g/mol. The minimum Gasteiger partial charge on any atom is -0.494 e. The van der Waals surface area contributed by atoms with E-state index in [-0.39, 0.29) is 5.91 Å². The minimum absolute atomic E-state index is 0.0287. The van der Waals surface area contributed by atoms with Gasteiger partial charge in [-0.15, -0.1) is 0 Å². The number of likely N-dealkylation sites (N-methyl/N-ethyl adjacent to an activating group) is 1. The summed E-state index contributed by atoms with van der Waals surface area (Å²) < 4.78 is 5.60. The number of thioether (sulfide) groups is 1. The molecule has 4 nitrogen and oxygen atoms in total. The molecule has 1 aliphatic heterocycles. The predicted molar refractivity (Wildman–Crippen MR) is 113 cm³/mol. The lowest BCUT2D eigenvalue weighted by Crippen LogP contribution is -2.23. The van der Waals surface area contributed by atoms with Crippen molar-refractivity contribution in [3.63, 3.8) is 0 Å². The van der Waals surface area contributed by atoms with Crippen LogP contribution in [0.5, 0.6) is 5.75 Å². The standard InChI is InChI=1S/C22H24N2O2S/c1-4-14-26-18-12-10-16(11-13-18)15-20-21(25)24(3)22(27-20)23-19-9-7-6-8-17(19)5-2/h6-13,15H,4-5,14H2,1-3H3/b20-15+,23-22?. The van der Waals surface area contributed by atoms with E-state index in [2.05, 4.69) is 19.9 Å². The summed E-state index contributed by atoms with van der Waals surface area (Å²) in [4.78, 5) is 19.6. The van der Waals surface area contributed by atoms with Gasteiger partial charge in [0.25, 0.3) is 5.91 Å². The van der Waals surface area contributed by atoms with Crippen LogP contribution in [0.25, 0.3) is 6.08 Å². The fourth-order valence-electron chi connectivity index (χ4n) is 2.71. The third-order valence-electron chi connectivity index (χ3n) is 4.24. The Morgan fingerprint density at radius 1 is 1.11 bits per heavy atom. The minimum atomic E-state index is -0.0287. The largest absolute Gasteiger partial charge is 0.494 e. The SMILES string of the molecule is CCCOc1ccc(/C=C2/SC(=Nc3ccccc3CC)N(C)C2=O)cc1. The van der Waals surface area contributed by atoms with Gasteiger partial charge in [-0.25, -0.2) is 4.99 Å². The summed E-state index contributed by atoms with van der Waals surface area (Å²) in [5.74, 6) is 0.819. The van der Waals surface area contributed by atoms with Gasteiger partial charge in [0.1, 0.15) is 5.75 Å². The molecule has 2 aromatic carbocycles. The molecule has 0 saturated carbocycles. The van der Waals surface area contributed by atoms with E-state index in [0.29, 0.717) is 16.7 Å². The number of nitrogens with zero attached hydrogens (tertiary/aromatic N) is 2. The molecule has 2 aromatic rings. The summed E-state index contributed by atoms with van der Waals surface area (Å²) in [6, 6.07) is 15.8. The second-order valence-electron chi connectivity index (χ2n) is 6.27. The molecular weight excluding hydrogens is 356 g/mol. The lowest BCUT2D eigenvalue weighted by molar-refractivity contribution is -0.121. The summed E-state index contributed by atoms with van der Waals surface area (Å²) in [5, 5.41) is 0.704. The number of amides is 1. The number of para-hydroxylation sites is 1. The second kappa shape index (κ2) is 8.91. The molecule has 1 saturated heterocycles. The predicted octanol–water partition coefficient (Wildman–Crippen LogP) is 5.27. The van der Waals surface area contributed by atoms with Gasteiger partial charge in [-0.1, -0.05) is 44.2 Å². The van der Waals surface area contributed by atoms with Gasteiger partial charge in [0.2, 0.25) is 0 Å². The number of amidine groups is 1. The zero-order valence-electron chi connectivity index (χ0n) is 15.9. The normalized spacial score (nSPS) is 17.1. The number of aryl methyl sites for hydroxylation is 1. The molecule has 0 bridgehead atoms. The van der Waals surface area contributed by atoms with Crippen molar-refractivity contribution in [3.05, 3.63) is 64.6 Å². The van der Waals surface area contributed by atoms with E-state index in [9.17, 15) is 4.79 Å². The van der Waals surface area contributed by atoms with Crippen molar-refractivity contribution < 1.29 is 9.53 Å². The Labute approximate surface area is 164 Å². The van der Waals surface area contributed by atoms with Crippen molar-refractivity contribution in [2.75, 3.05) is 13.7 Å². The molecule has 1 amide bonds. The van der Waals surface area contributed by atoms with E-state index >= 15 is 0 Å². The zero-order valence-corrected chi connectivity index (χ0v) is 16.8. The van der Waals surface area contributed by atoms with Crippen LogP contribution in [0.2, 0.25) is 0 Å². The number of hydrogen-bond donors (Lipinski definition) is 0. The first kappa shape index (κ1) is 19.2. The maximum Gasteiger partial charge on any atom is 0.266 e. The molecule has 5 heteroatoms. The molecule has 140 valence electrons. The van der Waals surface area contributed by atoms with Gasteiger partial charge in [-0.2, -0.15) is 0 Å². The number of benzene rings is 2. The average molecular weight is 381 g/mol. The van der Waals surface area contributed by atoms with Gasteiger partial charge in [-0.3, -0.25) is 9.69 Å². The molecule has 0 radical (unpaired) electrons. The van der Waals surface area contributed by atoms with E-state index < -0.39 is 0 Å². The van der Waals surface area contributed by atoms with Gasteiger partial charge >= 0.3 is 0 Å². The lowest BCUT2D eigenvalue weighted by Gasteiger charge is -2.08. The Hall–Kier alpha value is -2.53. The highest BCUT2D eigenvalue weighted by molar-refractivity contribution is 8.18. The summed E-state index contributed by atoms with van der Waals surface area (Å²) in [7, 11) is 1.77. The van der Waals surface area contributed by atoms with Crippen LogP contribution in [0.3, 0.4) is 0 Å². The first-order valence-electron chi connectivity index (χ1n) is 9.19. The highest BCUT2D eigenvalue weighted by Gasteiger charge is 2.30. The molecule has 1 heterocycles. The number of ether oxygens (including phenoxy) is 1. The fraction of sp³-hybridized carbons (Fsp3) is 0.273. The quantitative estimate of drug-likeness (QED) is 0.641. The van der Waals surface area contributed by atoms with Gasteiger partial charge < -0.3 is 4.74 Å². The van der Waals surface area contributed by atoms with Crippen LogP contribution in [0.1, 0.15) is 31.4 Å². The van der Waals surface area contributed by atoms with Gasteiger partial charge in [0.15, 0.2) is 5.17 Å². The summed E-state index contributed by atoms with van der Waals surface area (Å²) in [5.41, 5.74) is 3.06. The Bertz CT molecular complexity index is 872. The van der Waals surface area contributed by atoms with E-state index in [0.717, 1.165) is 29.8 Å². The molecule has 3 rings (SSSR count). The molecule has 0 N–H and O–H groups in total. The Morgan fingerprint density at radius 3 is 2.56 bits per heavy atom. The van der Waals surface area contributed by atoms with Gasteiger partial charge in [0, 0.05) is 7.05 Å². The van der Waals surface area contributed by atoms with Gasteiger partial charge in [-0.05, 0) is 60.0 Å². The van der Waals surface area contributed by atoms with Crippen molar-refractivity contribution in [1.82, 2.24) is 4.90 Å². The zero-order chi connectivity index (χ0) is 19.2. The number of rotatable bonds is 6. The Balaban J connectivity index is 1.81. The molecule has 0 aliphatic carbocycles. The second-order valence-corrected chi connectivity index (χ2v) is 7.28. The van der Waals surface area contributed by atoms with Crippen molar-refractivity contribution in [1.29, 1.82) is 0 Å². The number of hydrogen-bond acceptors (Lipinski definition) is 4. The summed E-state index contributed by atoms with van der Waals surface area (Å²) in [6.07, 6.45) is 3.79.